The number of carbonyl (C=O) groups excluding carboxylic acids is 1. The molecule has 29 heavy (non-hydrogen) atoms. The van der Waals surface area contributed by atoms with Gasteiger partial charge in [-0.1, -0.05) is 37.3 Å². The molecule has 2 aromatic rings. The van der Waals surface area contributed by atoms with Gasteiger partial charge in [-0.15, -0.1) is 0 Å². The number of likely N-dealkylation sites (tertiary alicyclic amines) is 1. The second-order valence-corrected chi connectivity index (χ2v) is 8.90. The van der Waals surface area contributed by atoms with E-state index in [2.05, 4.69) is 53.0 Å². The fraction of sp³-hybridized carbons (Fsp3) is 0.435. The van der Waals surface area contributed by atoms with Crippen molar-refractivity contribution in [1.29, 1.82) is 0 Å². The van der Waals surface area contributed by atoms with E-state index < -0.39 is 0 Å². The van der Waals surface area contributed by atoms with Crippen LogP contribution in [0.3, 0.4) is 0 Å². The molecule has 0 bridgehead atoms. The fourth-order valence-corrected chi connectivity index (χ4v) is 4.58. The number of carbonyl (C=O) groups is 1. The molecule has 2 amide bonds. The Hall–Kier alpha value is -2.02. The van der Waals surface area contributed by atoms with E-state index in [1.165, 1.54) is 17.7 Å². The van der Waals surface area contributed by atoms with E-state index in [-0.39, 0.29) is 12.1 Å². The summed E-state index contributed by atoms with van der Waals surface area (Å²) in [6, 6.07) is 18.6. The molecule has 0 aliphatic carbocycles. The predicted octanol–water partition coefficient (Wildman–Crippen LogP) is 4.99. The van der Waals surface area contributed by atoms with Crippen LogP contribution in [-0.2, 0) is 0 Å². The average molecular weight is 413 g/mol. The van der Waals surface area contributed by atoms with E-state index in [0.717, 1.165) is 30.8 Å². The van der Waals surface area contributed by atoms with E-state index in [0.29, 0.717) is 6.04 Å². The Morgan fingerprint density at radius 3 is 2.41 bits per heavy atom. The standard InChI is InChI=1S/C23H32N4OS/c1-4-22(18-8-6-5-7-9-18)25-23(28)24-19-10-12-21(13-11-19)29-27(3)20-14-16-26(2)17-15-20/h5-13,20,22H,4,14-17H2,1-3H3,(H2,24,25,28). The minimum atomic E-state index is -0.176. The van der Waals surface area contributed by atoms with E-state index in [9.17, 15) is 4.79 Å². The smallest absolute Gasteiger partial charge is 0.319 e. The number of anilines is 1. The van der Waals surface area contributed by atoms with Crippen LogP contribution in [0.5, 0.6) is 0 Å². The first-order chi connectivity index (χ1) is 14.0. The SMILES string of the molecule is CCC(NC(=O)Nc1ccc(SN(C)C2CCN(C)CC2)cc1)c1ccccc1. The van der Waals surface area contributed by atoms with E-state index in [1.54, 1.807) is 11.9 Å². The number of hydrogen-bond donors (Lipinski definition) is 2. The quantitative estimate of drug-likeness (QED) is 0.629. The van der Waals surface area contributed by atoms with Crippen molar-refractivity contribution in [2.24, 2.45) is 0 Å². The van der Waals surface area contributed by atoms with Crippen molar-refractivity contribution in [1.82, 2.24) is 14.5 Å². The van der Waals surface area contributed by atoms with E-state index in [4.69, 9.17) is 0 Å². The number of hydrogen-bond acceptors (Lipinski definition) is 4. The van der Waals surface area contributed by atoms with Gasteiger partial charge in [0.25, 0.3) is 0 Å². The maximum absolute atomic E-state index is 12.4. The van der Waals surface area contributed by atoms with Gasteiger partial charge in [0.05, 0.1) is 6.04 Å². The number of urea groups is 1. The normalized spacial score (nSPS) is 16.6. The maximum atomic E-state index is 12.4. The van der Waals surface area contributed by atoms with Crippen LogP contribution in [0.2, 0.25) is 0 Å². The first-order valence-electron chi connectivity index (χ1n) is 10.4. The molecule has 1 unspecified atom stereocenters. The molecule has 1 heterocycles. The van der Waals surface area contributed by atoms with Crippen molar-refractivity contribution in [3.63, 3.8) is 0 Å². The molecular formula is C23H32N4OS. The van der Waals surface area contributed by atoms with Gasteiger partial charge in [-0.2, -0.15) is 0 Å². The maximum Gasteiger partial charge on any atom is 0.319 e. The van der Waals surface area contributed by atoms with Crippen molar-refractivity contribution >= 4 is 23.7 Å². The predicted molar refractivity (Wildman–Crippen MR) is 122 cm³/mol. The molecule has 5 nitrogen and oxygen atoms in total. The third-order valence-corrected chi connectivity index (χ3v) is 6.55. The largest absolute Gasteiger partial charge is 0.331 e. The lowest BCUT2D eigenvalue weighted by molar-refractivity contribution is 0.205. The number of benzene rings is 2. The van der Waals surface area contributed by atoms with Crippen molar-refractivity contribution in [2.75, 3.05) is 32.5 Å². The highest BCUT2D eigenvalue weighted by molar-refractivity contribution is 7.97. The molecule has 1 fully saturated rings. The second kappa shape index (κ2) is 10.7. The molecule has 0 radical (unpaired) electrons. The van der Waals surface area contributed by atoms with E-state index in [1.807, 2.05) is 42.5 Å². The molecule has 0 aromatic heterocycles. The molecule has 6 heteroatoms. The lowest BCUT2D eigenvalue weighted by atomic mass is 10.1. The lowest BCUT2D eigenvalue weighted by Crippen LogP contribution is -2.39. The summed E-state index contributed by atoms with van der Waals surface area (Å²) in [7, 11) is 4.36. The summed E-state index contributed by atoms with van der Waals surface area (Å²) in [5.74, 6) is 0. The highest BCUT2D eigenvalue weighted by atomic mass is 32.2. The Morgan fingerprint density at radius 1 is 1.14 bits per heavy atom. The fourth-order valence-electron chi connectivity index (χ4n) is 3.63. The molecule has 1 atom stereocenters. The molecule has 1 saturated heterocycles. The average Bonchev–Trinajstić information content (AvgIpc) is 2.74. The van der Waals surface area contributed by atoms with Crippen LogP contribution in [0, 0.1) is 0 Å². The third-order valence-electron chi connectivity index (χ3n) is 5.48. The minimum Gasteiger partial charge on any atom is -0.331 e. The Labute approximate surface area is 179 Å². The number of nitrogens with one attached hydrogen (secondary N) is 2. The van der Waals surface area contributed by atoms with Gasteiger partial charge in [0.1, 0.15) is 0 Å². The van der Waals surface area contributed by atoms with Gasteiger partial charge in [0.15, 0.2) is 0 Å². The van der Waals surface area contributed by atoms with Gasteiger partial charge < -0.3 is 15.5 Å². The van der Waals surface area contributed by atoms with Crippen LogP contribution in [0.4, 0.5) is 10.5 Å². The zero-order chi connectivity index (χ0) is 20.6. The van der Waals surface area contributed by atoms with Crippen LogP contribution in [0.15, 0.2) is 59.5 Å². The summed E-state index contributed by atoms with van der Waals surface area (Å²) in [6.45, 7) is 4.40. The van der Waals surface area contributed by atoms with Gasteiger partial charge in [0.2, 0.25) is 0 Å². The first kappa shape index (κ1) is 21.7. The Morgan fingerprint density at radius 2 is 1.79 bits per heavy atom. The number of rotatable bonds is 7. The van der Waals surface area contributed by atoms with Crippen LogP contribution < -0.4 is 10.6 Å². The third kappa shape index (κ3) is 6.49. The molecule has 156 valence electrons. The van der Waals surface area contributed by atoms with Crippen LogP contribution >= 0.6 is 11.9 Å². The topological polar surface area (TPSA) is 47.6 Å². The number of nitrogens with zero attached hydrogens (tertiary/aromatic N) is 2. The first-order valence-corrected chi connectivity index (χ1v) is 11.1. The van der Waals surface area contributed by atoms with Gasteiger partial charge in [-0.25, -0.2) is 9.10 Å². The number of piperidine rings is 1. The van der Waals surface area contributed by atoms with Crippen molar-refractivity contribution in [3.8, 4) is 0 Å². The van der Waals surface area contributed by atoms with Crippen molar-refractivity contribution < 1.29 is 4.79 Å². The summed E-state index contributed by atoms with van der Waals surface area (Å²) in [6.07, 6.45) is 3.26. The molecule has 3 rings (SSSR count). The molecular weight excluding hydrogens is 380 g/mol. The van der Waals surface area contributed by atoms with E-state index >= 15 is 0 Å². The molecule has 0 saturated carbocycles. The second-order valence-electron chi connectivity index (χ2n) is 7.67. The minimum absolute atomic E-state index is 0.00853. The van der Waals surface area contributed by atoms with Crippen LogP contribution in [0.25, 0.3) is 0 Å². The summed E-state index contributed by atoms with van der Waals surface area (Å²) >= 11 is 1.78. The van der Waals surface area contributed by atoms with Gasteiger partial charge in [-0.3, -0.25) is 0 Å². The van der Waals surface area contributed by atoms with Crippen LogP contribution in [0.1, 0.15) is 37.8 Å². The van der Waals surface area contributed by atoms with Gasteiger partial charge >= 0.3 is 6.03 Å². The molecule has 1 aliphatic rings. The molecule has 0 spiro atoms. The van der Waals surface area contributed by atoms with Crippen molar-refractivity contribution in [2.45, 2.75) is 43.2 Å². The lowest BCUT2D eigenvalue weighted by Gasteiger charge is -2.34. The molecule has 2 N–H and O–H groups in total. The van der Waals surface area contributed by atoms with Gasteiger partial charge in [0, 0.05) is 16.6 Å². The van der Waals surface area contributed by atoms with Crippen molar-refractivity contribution in [3.05, 3.63) is 60.2 Å². The Balaban J connectivity index is 1.50. The highest BCUT2D eigenvalue weighted by Crippen LogP contribution is 2.28. The van der Waals surface area contributed by atoms with Crippen LogP contribution in [-0.4, -0.2) is 48.5 Å². The highest BCUT2D eigenvalue weighted by Gasteiger charge is 2.21. The zero-order valence-electron chi connectivity index (χ0n) is 17.6. The monoisotopic (exact) mass is 412 g/mol. The summed E-state index contributed by atoms with van der Waals surface area (Å²) < 4.78 is 2.37. The summed E-state index contributed by atoms with van der Waals surface area (Å²) in [5, 5.41) is 6.00. The molecule has 1 aliphatic heterocycles. The summed E-state index contributed by atoms with van der Waals surface area (Å²) in [5.41, 5.74) is 1.92. The number of amides is 2. The Kier molecular flexibility index (Phi) is 7.98. The zero-order valence-corrected chi connectivity index (χ0v) is 18.4. The van der Waals surface area contributed by atoms with Gasteiger partial charge in [-0.05, 0) is 88.2 Å². The Bertz CT molecular complexity index is 760. The molecule has 2 aromatic carbocycles. The summed E-state index contributed by atoms with van der Waals surface area (Å²) in [4.78, 5) is 16.0.